The molecule has 0 aliphatic heterocycles. The number of alkyl halides is 13. The topological polar surface area (TPSA) is 0 Å². The van der Waals surface area contributed by atoms with Gasteiger partial charge in [-0.2, -0.15) is 57.1 Å². The Morgan fingerprint density at radius 2 is 0.773 bits per heavy atom. The van der Waals surface area contributed by atoms with Crippen LogP contribution < -0.4 is 0 Å². The predicted octanol–water partition coefficient (Wildman–Crippen LogP) is 4.75. The van der Waals surface area contributed by atoms with Gasteiger partial charge in [-0.05, 0) is 0 Å². The van der Waals surface area contributed by atoms with E-state index in [0.29, 0.717) is 0 Å². The third kappa shape index (κ3) is 3.02. The van der Waals surface area contributed by atoms with Crippen LogP contribution >= 0.6 is 0 Å². The molecule has 0 heterocycles. The third-order valence-corrected chi connectivity index (χ3v) is 2.44. The van der Waals surface area contributed by atoms with E-state index in [-0.39, 0.29) is 25.8 Å². The number of halogens is 13. The molecule has 0 fully saturated rings. The summed E-state index contributed by atoms with van der Waals surface area (Å²) in [5, 5.41) is 0. The van der Waals surface area contributed by atoms with E-state index in [1.807, 2.05) is 0 Å². The van der Waals surface area contributed by atoms with Crippen molar-refractivity contribution >= 4 is 18.9 Å². The van der Waals surface area contributed by atoms with Crippen molar-refractivity contribution in [3.05, 3.63) is 0 Å². The fourth-order valence-corrected chi connectivity index (χ4v) is 1.02. The average Bonchev–Trinajstić information content (AvgIpc) is 2.26. The molecule has 0 rings (SSSR count). The molecule has 0 amide bonds. The van der Waals surface area contributed by atoms with Crippen LogP contribution in [0.5, 0.6) is 0 Å². The minimum absolute atomic E-state index is 0. The van der Waals surface area contributed by atoms with Gasteiger partial charge in [0.1, 0.15) is 0 Å². The smallest absolute Gasteiger partial charge is 0.200 e. The van der Waals surface area contributed by atoms with Gasteiger partial charge in [-0.3, -0.25) is 0 Å². The van der Waals surface area contributed by atoms with Gasteiger partial charge in [0.15, 0.2) is 0 Å². The monoisotopic (exact) mass is 355 g/mol. The third-order valence-electron chi connectivity index (χ3n) is 2.44. The Morgan fingerprint density at radius 3 is 1.00 bits per heavy atom. The molecule has 0 nitrogen and oxygen atoms in total. The second-order valence-corrected chi connectivity index (χ2v) is 3.85. The SMILES string of the molecule is CCC(F)(F)C(F)(F)C(F)(F)C(F)(F)C(F)(F)C(F)(F)F.[Li]. The van der Waals surface area contributed by atoms with E-state index in [1.54, 1.807) is 0 Å². The number of hydrogen-bond acceptors (Lipinski definition) is 0. The van der Waals surface area contributed by atoms with E-state index in [0.717, 1.165) is 0 Å². The second-order valence-electron chi connectivity index (χ2n) is 3.85. The summed E-state index contributed by atoms with van der Waals surface area (Å²) < 4.78 is 161. The standard InChI is InChI=1S/C8H5F13.Li/c1-2-3(9,10)4(11,12)5(13,14)6(15,16)7(17,18)8(19,20)21;/h2H2,1H3;. The molecule has 0 N–H and O–H groups in total. The molecule has 0 spiro atoms. The molecule has 0 atom stereocenters. The first kappa shape index (κ1) is 23.9. The van der Waals surface area contributed by atoms with Crippen LogP contribution in [-0.4, -0.2) is 54.6 Å². The summed E-state index contributed by atoms with van der Waals surface area (Å²) >= 11 is 0. The van der Waals surface area contributed by atoms with Crippen LogP contribution in [0.3, 0.4) is 0 Å². The van der Waals surface area contributed by atoms with Crippen LogP contribution in [0, 0.1) is 0 Å². The van der Waals surface area contributed by atoms with Crippen LogP contribution in [-0.2, 0) is 0 Å². The minimum atomic E-state index is -7.81. The van der Waals surface area contributed by atoms with Crippen LogP contribution in [0.4, 0.5) is 57.1 Å². The minimum Gasteiger partial charge on any atom is -0.200 e. The van der Waals surface area contributed by atoms with E-state index in [9.17, 15) is 57.1 Å². The van der Waals surface area contributed by atoms with E-state index < -0.39 is 42.2 Å². The Hall–Kier alpha value is -0.313. The van der Waals surface area contributed by atoms with Crippen molar-refractivity contribution in [2.45, 2.75) is 49.1 Å². The molecular weight excluding hydrogens is 350 g/mol. The zero-order chi connectivity index (χ0) is 17.7. The molecule has 0 aromatic carbocycles. The fraction of sp³-hybridized carbons (Fsp3) is 1.00. The van der Waals surface area contributed by atoms with Crippen molar-refractivity contribution < 1.29 is 57.1 Å². The van der Waals surface area contributed by atoms with Gasteiger partial charge in [-0.1, -0.05) is 6.92 Å². The molecule has 0 unspecified atom stereocenters. The van der Waals surface area contributed by atoms with Crippen LogP contribution in [0.2, 0.25) is 0 Å². The zero-order valence-electron chi connectivity index (χ0n) is 10.6. The van der Waals surface area contributed by atoms with Gasteiger partial charge >= 0.3 is 35.8 Å². The van der Waals surface area contributed by atoms with Crippen LogP contribution in [0.1, 0.15) is 13.3 Å². The largest absolute Gasteiger partial charge is 0.460 e. The van der Waals surface area contributed by atoms with Gasteiger partial charge in [0, 0.05) is 25.3 Å². The number of hydrogen-bond donors (Lipinski definition) is 0. The Balaban J connectivity index is 0. The van der Waals surface area contributed by atoms with Gasteiger partial charge < -0.3 is 0 Å². The zero-order valence-corrected chi connectivity index (χ0v) is 10.6. The Kier molecular flexibility index (Phi) is 6.48. The van der Waals surface area contributed by atoms with Crippen LogP contribution in [0.25, 0.3) is 0 Å². The molecular formula is C8H5F13Li. The van der Waals surface area contributed by atoms with Crippen molar-refractivity contribution in [1.29, 1.82) is 0 Å². The molecule has 14 heteroatoms. The van der Waals surface area contributed by atoms with E-state index in [2.05, 4.69) is 0 Å². The maximum Gasteiger partial charge on any atom is 0.460 e. The van der Waals surface area contributed by atoms with Crippen molar-refractivity contribution in [2.75, 3.05) is 0 Å². The molecule has 0 saturated carbocycles. The second kappa shape index (κ2) is 5.96. The normalized spacial score (nSPS) is 15.5. The van der Waals surface area contributed by atoms with Gasteiger partial charge in [0.05, 0.1) is 0 Å². The maximum atomic E-state index is 12.7. The van der Waals surface area contributed by atoms with Crippen molar-refractivity contribution in [3.63, 3.8) is 0 Å². The fourth-order valence-electron chi connectivity index (χ4n) is 1.02. The Bertz CT molecular complexity index is 382. The molecule has 22 heavy (non-hydrogen) atoms. The summed E-state index contributed by atoms with van der Waals surface area (Å²) in [5.41, 5.74) is 0. The van der Waals surface area contributed by atoms with E-state index in [4.69, 9.17) is 0 Å². The molecule has 0 aromatic heterocycles. The molecule has 0 aromatic rings. The van der Waals surface area contributed by atoms with Gasteiger partial charge in [-0.15, -0.1) is 0 Å². The maximum absolute atomic E-state index is 12.7. The first-order valence-corrected chi connectivity index (χ1v) is 4.77. The Morgan fingerprint density at radius 1 is 0.500 bits per heavy atom. The quantitative estimate of drug-likeness (QED) is 0.493. The van der Waals surface area contributed by atoms with Gasteiger partial charge in [-0.25, -0.2) is 0 Å². The van der Waals surface area contributed by atoms with E-state index in [1.165, 1.54) is 0 Å². The summed E-state index contributed by atoms with van der Waals surface area (Å²) in [7, 11) is 0. The molecule has 1 radical (unpaired) electrons. The van der Waals surface area contributed by atoms with Crippen LogP contribution in [0.15, 0.2) is 0 Å². The molecule has 0 saturated heterocycles. The summed E-state index contributed by atoms with van der Waals surface area (Å²) in [6.45, 7) is 0.115. The van der Waals surface area contributed by atoms with E-state index >= 15 is 0 Å². The summed E-state index contributed by atoms with van der Waals surface area (Å²) in [5.74, 6) is -36.2. The van der Waals surface area contributed by atoms with Crippen molar-refractivity contribution in [2.24, 2.45) is 0 Å². The molecule has 129 valence electrons. The molecule has 0 bridgehead atoms. The summed E-state index contributed by atoms with van der Waals surface area (Å²) in [4.78, 5) is 0. The molecule has 0 aliphatic rings. The number of rotatable bonds is 5. The molecule has 0 aliphatic carbocycles. The Labute approximate surface area is 126 Å². The first-order chi connectivity index (χ1) is 8.81. The van der Waals surface area contributed by atoms with Crippen molar-refractivity contribution in [1.82, 2.24) is 0 Å². The van der Waals surface area contributed by atoms with Gasteiger partial charge in [0.2, 0.25) is 0 Å². The summed E-state index contributed by atoms with van der Waals surface area (Å²) in [6, 6.07) is 0. The predicted molar refractivity (Wildman–Crippen MR) is 46.8 cm³/mol. The first-order valence-electron chi connectivity index (χ1n) is 4.77. The van der Waals surface area contributed by atoms with Gasteiger partial charge in [0.25, 0.3) is 0 Å². The summed E-state index contributed by atoms with van der Waals surface area (Å²) in [6.07, 6.45) is -9.57. The van der Waals surface area contributed by atoms with Crippen molar-refractivity contribution in [3.8, 4) is 0 Å². The average molecular weight is 355 g/mol.